The summed E-state index contributed by atoms with van der Waals surface area (Å²) in [7, 11) is 0. The van der Waals surface area contributed by atoms with Crippen LogP contribution in [0, 0.1) is 11.3 Å². The lowest BCUT2D eigenvalue weighted by Gasteiger charge is -2.42. The van der Waals surface area contributed by atoms with Crippen molar-refractivity contribution in [2.75, 3.05) is 18.5 Å². The number of nitrogens with one attached hydrogen (secondary N) is 2. The molecule has 0 aromatic heterocycles. The molecule has 2 aromatic carbocycles. The van der Waals surface area contributed by atoms with Crippen molar-refractivity contribution in [1.29, 1.82) is 5.26 Å². The van der Waals surface area contributed by atoms with Crippen LogP contribution < -0.4 is 10.6 Å². The summed E-state index contributed by atoms with van der Waals surface area (Å²) in [5.74, 6) is 0.933. The van der Waals surface area contributed by atoms with Crippen LogP contribution >= 0.6 is 0 Å². The van der Waals surface area contributed by atoms with E-state index in [1.807, 2.05) is 42.5 Å². The van der Waals surface area contributed by atoms with Crippen molar-refractivity contribution >= 4 is 17.2 Å². The molecule has 2 aliphatic rings. The highest BCUT2D eigenvalue weighted by Gasteiger charge is 2.40. The van der Waals surface area contributed by atoms with Gasteiger partial charge in [-0.25, -0.2) is 4.99 Å². The molecule has 5 heteroatoms. The lowest BCUT2D eigenvalue weighted by molar-refractivity contribution is 0.0771. The Labute approximate surface area is 147 Å². The Balaban J connectivity index is 1.65. The summed E-state index contributed by atoms with van der Waals surface area (Å²) in [6, 6.07) is 18.0. The zero-order chi connectivity index (χ0) is 17.1. The van der Waals surface area contributed by atoms with Gasteiger partial charge in [0.15, 0.2) is 0 Å². The number of rotatable bonds is 2. The number of hydrogen-bond acceptors (Lipinski definition) is 5. The second-order valence-corrected chi connectivity index (χ2v) is 6.42. The summed E-state index contributed by atoms with van der Waals surface area (Å²) >= 11 is 0. The number of ether oxygens (including phenoxy) is 1. The minimum Gasteiger partial charge on any atom is -0.381 e. The molecule has 25 heavy (non-hydrogen) atoms. The summed E-state index contributed by atoms with van der Waals surface area (Å²) in [5, 5.41) is 16.5. The van der Waals surface area contributed by atoms with Crippen molar-refractivity contribution in [2.24, 2.45) is 4.99 Å². The predicted molar refractivity (Wildman–Crippen MR) is 97.9 cm³/mol. The molecule has 2 aromatic rings. The Morgan fingerprint density at radius 3 is 2.72 bits per heavy atom. The quantitative estimate of drug-likeness (QED) is 0.885. The van der Waals surface area contributed by atoms with Crippen LogP contribution in [-0.2, 0) is 11.3 Å². The molecule has 2 N–H and O–H groups in total. The molecule has 0 aliphatic carbocycles. The summed E-state index contributed by atoms with van der Waals surface area (Å²) in [5.41, 5.74) is 3.45. The largest absolute Gasteiger partial charge is 0.381 e. The molecular weight excluding hydrogens is 312 g/mol. The van der Waals surface area contributed by atoms with Crippen molar-refractivity contribution in [3.05, 3.63) is 59.7 Å². The first kappa shape index (κ1) is 15.7. The highest BCUT2D eigenvalue weighted by Crippen LogP contribution is 2.37. The van der Waals surface area contributed by atoms with E-state index >= 15 is 0 Å². The second-order valence-electron chi connectivity index (χ2n) is 6.42. The molecule has 1 spiro atoms. The Morgan fingerprint density at radius 1 is 1.12 bits per heavy atom. The highest BCUT2D eigenvalue weighted by molar-refractivity contribution is 6.00. The van der Waals surface area contributed by atoms with Gasteiger partial charge in [-0.05, 0) is 23.8 Å². The van der Waals surface area contributed by atoms with Crippen LogP contribution in [0.4, 0.5) is 11.4 Å². The molecule has 2 aliphatic heterocycles. The van der Waals surface area contributed by atoms with E-state index in [1.54, 1.807) is 0 Å². The van der Waals surface area contributed by atoms with Gasteiger partial charge in [0, 0.05) is 32.6 Å². The molecular formula is C20H20N4O. The van der Waals surface area contributed by atoms with Gasteiger partial charge >= 0.3 is 0 Å². The van der Waals surface area contributed by atoms with E-state index in [0.717, 1.165) is 35.6 Å². The SMILES string of the molecule is N#Cc1ccccc1CNC1=Nc2ccccc2NC12CCOCC2. The van der Waals surface area contributed by atoms with Crippen molar-refractivity contribution in [2.45, 2.75) is 24.9 Å². The molecule has 1 saturated heterocycles. The first-order chi connectivity index (χ1) is 12.3. The number of nitriles is 1. The van der Waals surface area contributed by atoms with Crippen LogP contribution in [0.5, 0.6) is 0 Å². The molecule has 0 bridgehead atoms. The molecule has 0 saturated carbocycles. The lowest BCUT2D eigenvalue weighted by atomic mass is 9.86. The maximum atomic E-state index is 9.29. The minimum atomic E-state index is -0.228. The lowest BCUT2D eigenvalue weighted by Crippen LogP contribution is -2.56. The van der Waals surface area contributed by atoms with E-state index in [9.17, 15) is 5.26 Å². The zero-order valence-corrected chi connectivity index (χ0v) is 14.0. The number of amidine groups is 1. The molecule has 2 heterocycles. The molecule has 4 rings (SSSR count). The number of nitrogens with zero attached hydrogens (tertiary/aromatic N) is 2. The topological polar surface area (TPSA) is 69.4 Å². The Hall–Kier alpha value is -2.84. The van der Waals surface area contributed by atoms with Crippen molar-refractivity contribution < 1.29 is 4.74 Å². The Kier molecular flexibility index (Phi) is 4.12. The fraction of sp³-hybridized carbons (Fsp3) is 0.300. The maximum Gasteiger partial charge on any atom is 0.129 e. The number of fused-ring (bicyclic) bond motifs is 1. The van der Waals surface area contributed by atoms with Gasteiger partial charge in [0.05, 0.1) is 28.5 Å². The van der Waals surface area contributed by atoms with Crippen LogP contribution in [0.25, 0.3) is 0 Å². The number of aliphatic imine (C=N–C) groups is 1. The number of benzene rings is 2. The van der Waals surface area contributed by atoms with Crippen LogP contribution in [0.1, 0.15) is 24.0 Å². The highest BCUT2D eigenvalue weighted by atomic mass is 16.5. The van der Waals surface area contributed by atoms with Gasteiger partial charge in [0.2, 0.25) is 0 Å². The van der Waals surface area contributed by atoms with Gasteiger partial charge in [0.1, 0.15) is 5.84 Å². The summed E-state index contributed by atoms with van der Waals surface area (Å²) in [6.45, 7) is 2.00. The smallest absolute Gasteiger partial charge is 0.129 e. The molecule has 0 radical (unpaired) electrons. The predicted octanol–water partition coefficient (Wildman–Crippen LogP) is 3.35. The van der Waals surface area contributed by atoms with Crippen LogP contribution in [0.2, 0.25) is 0 Å². The van der Waals surface area contributed by atoms with Gasteiger partial charge in [-0.3, -0.25) is 0 Å². The van der Waals surface area contributed by atoms with Crippen molar-refractivity contribution in [3.63, 3.8) is 0 Å². The van der Waals surface area contributed by atoms with E-state index in [1.165, 1.54) is 0 Å². The summed E-state index contributed by atoms with van der Waals surface area (Å²) in [4.78, 5) is 4.90. The first-order valence-corrected chi connectivity index (χ1v) is 8.57. The van der Waals surface area contributed by atoms with Gasteiger partial charge in [0.25, 0.3) is 0 Å². The van der Waals surface area contributed by atoms with Gasteiger partial charge in [-0.1, -0.05) is 30.3 Å². The Morgan fingerprint density at radius 2 is 1.88 bits per heavy atom. The number of para-hydroxylation sites is 2. The monoisotopic (exact) mass is 332 g/mol. The average Bonchev–Trinajstić information content (AvgIpc) is 2.67. The fourth-order valence-corrected chi connectivity index (χ4v) is 3.47. The Bertz CT molecular complexity index is 847. The summed E-state index contributed by atoms with van der Waals surface area (Å²) in [6.07, 6.45) is 1.74. The van der Waals surface area contributed by atoms with E-state index in [-0.39, 0.29) is 5.54 Å². The number of hydrogen-bond donors (Lipinski definition) is 2. The van der Waals surface area contributed by atoms with Gasteiger partial charge < -0.3 is 15.4 Å². The molecule has 0 unspecified atom stereocenters. The van der Waals surface area contributed by atoms with E-state index in [2.05, 4.69) is 22.8 Å². The second kappa shape index (κ2) is 6.58. The molecule has 5 nitrogen and oxygen atoms in total. The maximum absolute atomic E-state index is 9.29. The fourth-order valence-electron chi connectivity index (χ4n) is 3.47. The molecule has 1 fully saturated rings. The average molecular weight is 332 g/mol. The summed E-state index contributed by atoms with van der Waals surface area (Å²) < 4.78 is 5.57. The third-order valence-corrected chi connectivity index (χ3v) is 4.89. The standard InChI is InChI=1S/C20H20N4O/c21-13-15-5-1-2-6-16(15)14-22-19-20(9-11-25-12-10-20)24-18-8-4-3-7-17(18)23-19/h1-8,24H,9-12,14H2,(H,22,23). The van der Waals surface area contributed by atoms with Gasteiger partial charge in [-0.2, -0.15) is 5.26 Å². The third kappa shape index (κ3) is 2.97. The van der Waals surface area contributed by atoms with E-state index in [0.29, 0.717) is 25.3 Å². The van der Waals surface area contributed by atoms with E-state index < -0.39 is 0 Å². The van der Waals surface area contributed by atoms with Crippen molar-refractivity contribution in [3.8, 4) is 6.07 Å². The van der Waals surface area contributed by atoms with Crippen LogP contribution in [0.15, 0.2) is 53.5 Å². The van der Waals surface area contributed by atoms with Crippen molar-refractivity contribution in [1.82, 2.24) is 5.32 Å². The molecule has 0 atom stereocenters. The van der Waals surface area contributed by atoms with Crippen LogP contribution in [-0.4, -0.2) is 24.6 Å². The molecule has 0 amide bonds. The normalized spacial score (nSPS) is 17.8. The zero-order valence-electron chi connectivity index (χ0n) is 14.0. The minimum absolute atomic E-state index is 0.228. The van der Waals surface area contributed by atoms with Gasteiger partial charge in [-0.15, -0.1) is 0 Å². The first-order valence-electron chi connectivity index (χ1n) is 8.57. The van der Waals surface area contributed by atoms with E-state index in [4.69, 9.17) is 9.73 Å². The molecule has 126 valence electrons. The third-order valence-electron chi connectivity index (χ3n) is 4.89. The number of anilines is 1. The van der Waals surface area contributed by atoms with Crippen LogP contribution in [0.3, 0.4) is 0 Å².